The van der Waals surface area contributed by atoms with E-state index >= 15 is 0 Å². The van der Waals surface area contributed by atoms with E-state index in [0.717, 1.165) is 36.8 Å². The number of methoxy groups -OCH3 is 1. The molecule has 2 aromatic carbocycles. The number of hydrogen-bond acceptors (Lipinski definition) is 4. The number of carbonyl (C=O) groups is 1. The molecule has 1 saturated heterocycles. The summed E-state index contributed by atoms with van der Waals surface area (Å²) in [7, 11) is 1.58. The lowest BCUT2D eigenvalue weighted by Gasteiger charge is -2.38. The van der Waals surface area contributed by atoms with Crippen LogP contribution in [0.4, 0.5) is 4.39 Å². The van der Waals surface area contributed by atoms with Gasteiger partial charge in [0.2, 0.25) is 5.91 Å². The number of aliphatic hydroxyl groups excluding tert-OH is 1. The Morgan fingerprint density at radius 1 is 1.16 bits per heavy atom. The van der Waals surface area contributed by atoms with Gasteiger partial charge in [-0.25, -0.2) is 4.39 Å². The zero-order chi connectivity index (χ0) is 22.6. The number of ether oxygens (including phenoxy) is 2. The Morgan fingerprint density at radius 2 is 1.91 bits per heavy atom. The summed E-state index contributed by atoms with van der Waals surface area (Å²) in [5.74, 6) is 0.376. The molecular formula is C26H32FNO4. The molecular weight excluding hydrogens is 409 g/mol. The van der Waals surface area contributed by atoms with Crippen LogP contribution in [0.1, 0.15) is 44.1 Å². The van der Waals surface area contributed by atoms with Gasteiger partial charge in [0.15, 0.2) is 0 Å². The van der Waals surface area contributed by atoms with Crippen molar-refractivity contribution < 1.29 is 23.8 Å². The zero-order valence-corrected chi connectivity index (χ0v) is 18.6. The maximum Gasteiger partial charge on any atom is 0.226 e. The quantitative estimate of drug-likeness (QED) is 0.703. The third kappa shape index (κ3) is 5.13. The fraction of sp³-hybridized carbons (Fsp3) is 0.500. The van der Waals surface area contributed by atoms with E-state index < -0.39 is 5.41 Å². The molecule has 6 heteroatoms. The van der Waals surface area contributed by atoms with E-state index in [9.17, 15) is 14.3 Å². The predicted octanol–water partition coefficient (Wildman–Crippen LogP) is 4.26. The molecule has 1 aliphatic carbocycles. The van der Waals surface area contributed by atoms with E-state index in [-0.39, 0.29) is 23.9 Å². The van der Waals surface area contributed by atoms with E-state index in [0.29, 0.717) is 43.8 Å². The molecule has 1 amide bonds. The summed E-state index contributed by atoms with van der Waals surface area (Å²) in [6.45, 7) is 1.13. The van der Waals surface area contributed by atoms with Crippen LogP contribution >= 0.6 is 0 Å². The maximum atomic E-state index is 13.9. The molecule has 2 aliphatic rings. The molecule has 0 radical (unpaired) electrons. The average molecular weight is 442 g/mol. The predicted molar refractivity (Wildman–Crippen MR) is 121 cm³/mol. The van der Waals surface area contributed by atoms with Gasteiger partial charge in [0.05, 0.1) is 18.6 Å². The number of halogens is 1. The topological polar surface area (TPSA) is 67.8 Å². The molecule has 1 aliphatic heterocycles. The minimum absolute atomic E-state index is 0.0796. The summed E-state index contributed by atoms with van der Waals surface area (Å²) in [6.07, 6.45) is 4.79. The van der Waals surface area contributed by atoms with Crippen LogP contribution in [0.15, 0.2) is 42.5 Å². The van der Waals surface area contributed by atoms with Crippen molar-refractivity contribution in [3.8, 4) is 16.9 Å². The van der Waals surface area contributed by atoms with Crippen LogP contribution in [-0.2, 0) is 16.0 Å². The Kier molecular flexibility index (Phi) is 7.11. The molecule has 4 rings (SSSR count). The molecule has 2 aromatic rings. The van der Waals surface area contributed by atoms with Gasteiger partial charge in [0, 0.05) is 24.8 Å². The monoisotopic (exact) mass is 441 g/mol. The molecule has 0 atom stereocenters. The fourth-order valence-corrected chi connectivity index (χ4v) is 4.95. The van der Waals surface area contributed by atoms with E-state index in [1.807, 2.05) is 24.3 Å². The van der Waals surface area contributed by atoms with Gasteiger partial charge in [-0.05, 0) is 74.3 Å². The van der Waals surface area contributed by atoms with Crippen molar-refractivity contribution in [2.45, 2.75) is 57.1 Å². The molecule has 2 N–H and O–H groups in total. The van der Waals surface area contributed by atoms with Gasteiger partial charge < -0.3 is 19.9 Å². The Bertz CT molecular complexity index is 933. The summed E-state index contributed by atoms with van der Waals surface area (Å²) < 4.78 is 24.9. The standard InChI is InChI=1S/C26H32FNO4/c1-31-24-10-5-20(27)16-23(24)19-4-2-3-18(15-19)17-26(11-13-32-14-12-26)25(30)28-21-6-8-22(29)9-7-21/h2-5,10,15-16,21-22,29H,6-9,11-14,17H2,1H3,(H,28,30). The SMILES string of the molecule is COc1ccc(F)cc1-c1cccc(CC2(C(=O)NC3CCC(O)CC3)CCOCC2)c1. The zero-order valence-electron chi connectivity index (χ0n) is 18.6. The van der Waals surface area contributed by atoms with Crippen molar-refractivity contribution in [1.29, 1.82) is 0 Å². The van der Waals surface area contributed by atoms with Crippen molar-refractivity contribution in [2.75, 3.05) is 20.3 Å². The molecule has 32 heavy (non-hydrogen) atoms. The molecule has 0 unspecified atom stereocenters. The second kappa shape index (κ2) is 10.0. The van der Waals surface area contributed by atoms with Gasteiger partial charge in [0.1, 0.15) is 11.6 Å². The fourth-order valence-electron chi connectivity index (χ4n) is 4.95. The van der Waals surface area contributed by atoms with Gasteiger partial charge in [-0.3, -0.25) is 4.79 Å². The lowest BCUT2D eigenvalue weighted by molar-refractivity contribution is -0.137. The van der Waals surface area contributed by atoms with Crippen molar-refractivity contribution in [3.63, 3.8) is 0 Å². The van der Waals surface area contributed by atoms with Gasteiger partial charge >= 0.3 is 0 Å². The second-order valence-electron chi connectivity index (χ2n) is 9.09. The van der Waals surface area contributed by atoms with Gasteiger partial charge in [0.25, 0.3) is 0 Å². The minimum Gasteiger partial charge on any atom is -0.496 e. The van der Waals surface area contributed by atoms with E-state index in [1.165, 1.54) is 12.1 Å². The Balaban J connectivity index is 1.56. The van der Waals surface area contributed by atoms with Crippen LogP contribution in [0.3, 0.4) is 0 Å². The highest BCUT2D eigenvalue weighted by molar-refractivity contribution is 5.83. The van der Waals surface area contributed by atoms with Gasteiger partial charge in [-0.15, -0.1) is 0 Å². The highest BCUT2D eigenvalue weighted by Gasteiger charge is 2.41. The highest BCUT2D eigenvalue weighted by Crippen LogP contribution is 2.37. The Morgan fingerprint density at radius 3 is 2.62 bits per heavy atom. The summed E-state index contributed by atoms with van der Waals surface area (Å²) in [5, 5.41) is 13.0. The molecule has 1 heterocycles. The van der Waals surface area contributed by atoms with Crippen LogP contribution in [0, 0.1) is 11.2 Å². The number of carbonyl (C=O) groups excluding carboxylic acids is 1. The van der Waals surface area contributed by atoms with E-state index in [1.54, 1.807) is 13.2 Å². The first kappa shape index (κ1) is 22.7. The van der Waals surface area contributed by atoms with Crippen molar-refractivity contribution in [3.05, 3.63) is 53.8 Å². The van der Waals surface area contributed by atoms with Gasteiger partial charge in [-0.2, -0.15) is 0 Å². The van der Waals surface area contributed by atoms with Crippen LogP contribution < -0.4 is 10.1 Å². The minimum atomic E-state index is -0.529. The Labute approximate surface area is 188 Å². The number of amides is 1. The Hall–Kier alpha value is -2.44. The maximum absolute atomic E-state index is 13.9. The lowest BCUT2D eigenvalue weighted by atomic mass is 9.73. The molecule has 0 aromatic heterocycles. The lowest BCUT2D eigenvalue weighted by Crippen LogP contribution is -2.50. The summed E-state index contributed by atoms with van der Waals surface area (Å²) >= 11 is 0. The summed E-state index contributed by atoms with van der Waals surface area (Å²) in [4.78, 5) is 13.5. The first-order valence-electron chi connectivity index (χ1n) is 11.5. The number of nitrogens with one attached hydrogen (secondary N) is 1. The first-order chi connectivity index (χ1) is 15.5. The third-order valence-corrected chi connectivity index (χ3v) is 6.91. The molecule has 1 saturated carbocycles. The second-order valence-corrected chi connectivity index (χ2v) is 9.09. The average Bonchev–Trinajstić information content (AvgIpc) is 2.81. The largest absolute Gasteiger partial charge is 0.496 e. The normalized spacial score (nSPS) is 22.8. The van der Waals surface area contributed by atoms with Crippen molar-refractivity contribution >= 4 is 5.91 Å². The molecule has 5 nitrogen and oxygen atoms in total. The molecule has 0 spiro atoms. The van der Waals surface area contributed by atoms with Crippen molar-refractivity contribution in [1.82, 2.24) is 5.32 Å². The van der Waals surface area contributed by atoms with Crippen LogP contribution in [-0.4, -0.2) is 43.5 Å². The first-order valence-corrected chi connectivity index (χ1v) is 11.5. The van der Waals surface area contributed by atoms with Crippen LogP contribution in [0.25, 0.3) is 11.1 Å². The molecule has 2 fully saturated rings. The van der Waals surface area contributed by atoms with Crippen LogP contribution in [0.2, 0.25) is 0 Å². The smallest absolute Gasteiger partial charge is 0.226 e. The van der Waals surface area contributed by atoms with E-state index in [4.69, 9.17) is 9.47 Å². The van der Waals surface area contributed by atoms with Gasteiger partial charge in [-0.1, -0.05) is 24.3 Å². The number of hydrogen-bond donors (Lipinski definition) is 2. The summed E-state index contributed by atoms with van der Waals surface area (Å²) in [5.41, 5.74) is 2.06. The van der Waals surface area contributed by atoms with E-state index in [2.05, 4.69) is 5.32 Å². The van der Waals surface area contributed by atoms with Crippen LogP contribution in [0.5, 0.6) is 5.75 Å². The summed E-state index contributed by atoms with van der Waals surface area (Å²) in [6, 6.07) is 12.5. The highest BCUT2D eigenvalue weighted by atomic mass is 19.1. The third-order valence-electron chi connectivity index (χ3n) is 6.91. The van der Waals surface area contributed by atoms with Crippen molar-refractivity contribution in [2.24, 2.45) is 5.41 Å². The molecule has 172 valence electrons. The number of aliphatic hydroxyl groups is 1. The number of rotatable bonds is 6. The molecule has 0 bridgehead atoms. The number of benzene rings is 2.